The second-order valence-electron chi connectivity index (χ2n) is 5.47. The molecule has 0 atom stereocenters. The Labute approximate surface area is 153 Å². The number of rotatable bonds is 4. The number of methoxy groups -OCH3 is 1. The number of aromatic nitrogens is 1. The van der Waals surface area contributed by atoms with Crippen molar-refractivity contribution in [3.63, 3.8) is 0 Å². The van der Waals surface area contributed by atoms with Crippen LogP contribution in [0.5, 0.6) is 0 Å². The van der Waals surface area contributed by atoms with E-state index in [0.29, 0.717) is 28.5 Å². The van der Waals surface area contributed by atoms with Gasteiger partial charge in [0.05, 0.1) is 16.8 Å². The van der Waals surface area contributed by atoms with E-state index in [1.165, 1.54) is 35.6 Å². The number of amides is 1. The molecule has 0 aliphatic heterocycles. The van der Waals surface area contributed by atoms with Gasteiger partial charge in [-0.15, -0.1) is 0 Å². The first-order valence-corrected chi connectivity index (χ1v) is 8.82. The molecule has 0 aliphatic rings. The van der Waals surface area contributed by atoms with E-state index in [2.05, 4.69) is 4.99 Å². The van der Waals surface area contributed by atoms with Gasteiger partial charge in [-0.1, -0.05) is 22.9 Å². The quantitative estimate of drug-likeness (QED) is 0.683. The van der Waals surface area contributed by atoms with Crippen LogP contribution < -0.4 is 4.80 Å². The first-order chi connectivity index (χ1) is 12.0. The van der Waals surface area contributed by atoms with Crippen molar-refractivity contribution in [1.29, 1.82) is 0 Å². The Morgan fingerprint density at radius 1 is 1.28 bits per heavy atom. The molecule has 3 aromatic rings. The summed E-state index contributed by atoms with van der Waals surface area (Å²) in [5.41, 5.74) is 2.22. The average Bonchev–Trinajstić information content (AvgIpc) is 2.94. The summed E-state index contributed by atoms with van der Waals surface area (Å²) in [6.45, 7) is 2.97. The minimum absolute atomic E-state index is 0.340. The Morgan fingerprint density at radius 3 is 2.68 bits per heavy atom. The lowest BCUT2D eigenvalue weighted by Crippen LogP contribution is -2.19. The Balaban J connectivity index is 2.15. The summed E-state index contributed by atoms with van der Waals surface area (Å²) in [5, 5.41) is 0.660. The predicted molar refractivity (Wildman–Crippen MR) is 97.7 cm³/mol. The van der Waals surface area contributed by atoms with Crippen molar-refractivity contribution in [3.8, 4) is 0 Å². The van der Waals surface area contributed by atoms with Crippen molar-refractivity contribution < 1.29 is 13.9 Å². The Hall–Kier alpha value is -2.02. The van der Waals surface area contributed by atoms with Gasteiger partial charge in [0.25, 0.3) is 5.91 Å². The van der Waals surface area contributed by atoms with Gasteiger partial charge in [0.2, 0.25) is 0 Å². The zero-order chi connectivity index (χ0) is 18.0. The molecule has 0 fully saturated rings. The van der Waals surface area contributed by atoms with Gasteiger partial charge >= 0.3 is 0 Å². The second kappa shape index (κ2) is 7.47. The molecule has 130 valence electrons. The molecule has 0 N–H and O–H groups in total. The van der Waals surface area contributed by atoms with Crippen molar-refractivity contribution in [3.05, 3.63) is 63.2 Å². The van der Waals surface area contributed by atoms with Crippen LogP contribution in [0.1, 0.15) is 15.9 Å². The number of ether oxygens (including phenoxy) is 1. The van der Waals surface area contributed by atoms with E-state index < -0.39 is 5.91 Å². The molecule has 1 aromatic heterocycles. The van der Waals surface area contributed by atoms with Crippen LogP contribution in [0.4, 0.5) is 4.39 Å². The van der Waals surface area contributed by atoms with Crippen LogP contribution in [0.15, 0.2) is 41.4 Å². The fourth-order valence-electron chi connectivity index (χ4n) is 2.53. The largest absolute Gasteiger partial charge is 0.383 e. The molecule has 0 spiro atoms. The van der Waals surface area contributed by atoms with E-state index >= 15 is 0 Å². The number of halogens is 2. The van der Waals surface area contributed by atoms with Crippen LogP contribution in [-0.2, 0) is 11.3 Å². The summed E-state index contributed by atoms with van der Waals surface area (Å²) in [5.74, 6) is -0.805. The first kappa shape index (κ1) is 17.8. The average molecular weight is 379 g/mol. The van der Waals surface area contributed by atoms with Gasteiger partial charge in [-0.25, -0.2) is 4.39 Å². The molecule has 0 unspecified atom stereocenters. The van der Waals surface area contributed by atoms with Gasteiger partial charge in [0.15, 0.2) is 4.80 Å². The Kier molecular flexibility index (Phi) is 5.32. The molecule has 2 aromatic carbocycles. The van der Waals surface area contributed by atoms with Gasteiger partial charge in [0, 0.05) is 24.2 Å². The molecule has 1 amide bonds. The summed E-state index contributed by atoms with van der Waals surface area (Å²) in [7, 11) is 1.62. The van der Waals surface area contributed by atoms with Crippen LogP contribution in [0.2, 0.25) is 5.02 Å². The Morgan fingerprint density at radius 2 is 2.00 bits per heavy atom. The minimum Gasteiger partial charge on any atom is -0.383 e. The van der Waals surface area contributed by atoms with E-state index in [0.717, 1.165) is 15.8 Å². The van der Waals surface area contributed by atoms with Crippen molar-refractivity contribution in [2.24, 2.45) is 4.99 Å². The van der Waals surface area contributed by atoms with Crippen molar-refractivity contribution in [1.82, 2.24) is 4.57 Å². The highest BCUT2D eigenvalue weighted by molar-refractivity contribution is 7.16. The monoisotopic (exact) mass is 378 g/mol. The lowest BCUT2D eigenvalue weighted by atomic mass is 10.2. The molecule has 0 saturated carbocycles. The van der Waals surface area contributed by atoms with Gasteiger partial charge in [-0.2, -0.15) is 4.99 Å². The third-order valence-corrected chi connectivity index (χ3v) is 5.29. The molecule has 0 radical (unpaired) electrons. The van der Waals surface area contributed by atoms with E-state index in [-0.39, 0.29) is 5.82 Å². The van der Waals surface area contributed by atoms with Crippen LogP contribution in [-0.4, -0.2) is 24.2 Å². The number of carbonyl (C=O) groups excluding carboxylic acids is 1. The maximum atomic E-state index is 13.0. The van der Waals surface area contributed by atoms with Crippen LogP contribution >= 0.6 is 22.9 Å². The standard InChI is InChI=1S/C18H16ClFN2O2S/c1-11-14(19)7-8-15-16(11)22(9-10-24-2)18(25-15)21-17(23)12-3-5-13(20)6-4-12/h3-8H,9-10H2,1-2H3. The molecule has 7 heteroatoms. The summed E-state index contributed by atoms with van der Waals surface area (Å²) in [4.78, 5) is 17.2. The number of benzene rings is 2. The number of hydrogen-bond acceptors (Lipinski definition) is 3. The molecule has 4 nitrogen and oxygen atoms in total. The highest BCUT2D eigenvalue weighted by Gasteiger charge is 2.13. The lowest BCUT2D eigenvalue weighted by Gasteiger charge is -2.07. The number of thiazole rings is 1. The molecular formula is C18H16ClFN2O2S. The number of aryl methyl sites for hydroxylation is 1. The normalized spacial score (nSPS) is 12.1. The van der Waals surface area contributed by atoms with E-state index in [9.17, 15) is 9.18 Å². The summed E-state index contributed by atoms with van der Waals surface area (Å²) >= 11 is 7.66. The van der Waals surface area contributed by atoms with Crippen molar-refractivity contribution in [2.75, 3.05) is 13.7 Å². The van der Waals surface area contributed by atoms with Gasteiger partial charge in [-0.05, 0) is 48.9 Å². The zero-order valence-electron chi connectivity index (χ0n) is 13.8. The molecule has 1 heterocycles. The minimum atomic E-state index is -0.415. The highest BCUT2D eigenvalue weighted by atomic mass is 35.5. The zero-order valence-corrected chi connectivity index (χ0v) is 15.3. The lowest BCUT2D eigenvalue weighted by molar-refractivity contribution is 0.0997. The number of fused-ring (bicyclic) bond motifs is 1. The topological polar surface area (TPSA) is 43.6 Å². The summed E-state index contributed by atoms with van der Waals surface area (Å²) in [6, 6.07) is 9.10. The molecule has 0 aliphatic carbocycles. The first-order valence-electron chi connectivity index (χ1n) is 7.63. The third kappa shape index (κ3) is 3.66. The molecular weight excluding hydrogens is 363 g/mol. The van der Waals surface area contributed by atoms with E-state index in [4.69, 9.17) is 16.3 Å². The van der Waals surface area contributed by atoms with Gasteiger partial charge in [0.1, 0.15) is 5.82 Å². The van der Waals surface area contributed by atoms with Gasteiger partial charge in [-0.3, -0.25) is 4.79 Å². The third-order valence-electron chi connectivity index (χ3n) is 3.84. The van der Waals surface area contributed by atoms with Crippen molar-refractivity contribution in [2.45, 2.75) is 13.5 Å². The van der Waals surface area contributed by atoms with Crippen LogP contribution in [0.25, 0.3) is 10.2 Å². The van der Waals surface area contributed by atoms with E-state index in [1.54, 1.807) is 7.11 Å². The van der Waals surface area contributed by atoms with Crippen LogP contribution in [0.3, 0.4) is 0 Å². The number of hydrogen-bond donors (Lipinski definition) is 0. The maximum Gasteiger partial charge on any atom is 0.279 e. The van der Waals surface area contributed by atoms with Crippen molar-refractivity contribution >= 4 is 39.1 Å². The van der Waals surface area contributed by atoms with Gasteiger partial charge < -0.3 is 9.30 Å². The predicted octanol–water partition coefficient (Wildman–Crippen LogP) is 4.19. The Bertz CT molecular complexity index is 993. The SMILES string of the molecule is COCCn1c(=NC(=O)c2ccc(F)cc2)sc2ccc(Cl)c(C)c21. The van der Waals surface area contributed by atoms with E-state index in [1.807, 2.05) is 23.6 Å². The summed E-state index contributed by atoms with van der Waals surface area (Å²) in [6.07, 6.45) is 0. The molecule has 0 bridgehead atoms. The fraction of sp³-hybridized carbons (Fsp3) is 0.222. The van der Waals surface area contributed by atoms with Crippen LogP contribution in [0, 0.1) is 12.7 Å². The highest BCUT2D eigenvalue weighted by Crippen LogP contribution is 2.27. The maximum absolute atomic E-state index is 13.0. The summed E-state index contributed by atoms with van der Waals surface area (Å²) < 4.78 is 21.1. The molecule has 25 heavy (non-hydrogen) atoms. The fourth-order valence-corrected chi connectivity index (χ4v) is 3.80. The number of carbonyl (C=O) groups is 1. The second-order valence-corrected chi connectivity index (χ2v) is 6.89. The smallest absolute Gasteiger partial charge is 0.279 e. The molecule has 3 rings (SSSR count). The number of nitrogens with zero attached hydrogens (tertiary/aromatic N) is 2. The molecule has 0 saturated heterocycles.